The van der Waals surface area contributed by atoms with E-state index >= 15 is 0 Å². The van der Waals surface area contributed by atoms with Crippen LogP contribution in [0.3, 0.4) is 0 Å². The van der Waals surface area contributed by atoms with Crippen LogP contribution in [0.5, 0.6) is 11.5 Å². The Hall–Kier alpha value is -3.92. The first-order valence-corrected chi connectivity index (χ1v) is 9.86. The van der Waals surface area contributed by atoms with E-state index in [1.54, 1.807) is 0 Å². The second kappa shape index (κ2) is 9.26. The van der Waals surface area contributed by atoms with Crippen LogP contribution in [0.2, 0.25) is 0 Å². The van der Waals surface area contributed by atoms with Crippen molar-refractivity contribution in [1.82, 2.24) is 9.97 Å². The molecule has 0 fully saturated rings. The number of nitrogens with one attached hydrogen (secondary N) is 1. The summed E-state index contributed by atoms with van der Waals surface area (Å²) in [5.41, 5.74) is 9.13. The summed E-state index contributed by atoms with van der Waals surface area (Å²) in [6, 6.07) is 20.7. The number of anilines is 2. The Balaban J connectivity index is 1.60. The molecule has 0 amide bonds. The summed E-state index contributed by atoms with van der Waals surface area (Å²) in [7, 11) is 0. The summed E-state index contributed by atoms with van der Waals surface area (Å²) >= 11 is 0. The highest BCUT2D eigenvalue weighted by Crippen LogP contribution is 2.29. The molecule has 4 rings (SSSR count). The molecule has 6 nitrogen and oxygen atoms in total. The quantitative estimate of drug-likeness (QED) is 0.428. The largest absolute Gasteiger partial charge is 0.457 e. The average molecular weight is 410 g/mol. The first-order valence-electron chi connectivity index (χ1n) is 9.86. The van der Waals surface area contributed by atoms with Gasteiger partial charge in [-0.05, 0) is 61.0 Å². The molecule has 0 saturated carbocycles. The van der Waals surface area contributed by atoms with E-state index in [2.05, 4.69) is 27.1 Å². The van der Waals surface area contributed by atoms with E-state index in [1.807, 2.05) is 73.7 Å². The zero-order valence-electron chi connectivity index (χ0n) is 17.0. The van der Waals surface area contributed by atoms with E-state index < -0.39 is 6.04 Å². The molecule has 0 bridgehead atoms. The van der Waals surface area contributed by atoms with Crippen LogP contribution >= 0.6 is 0 Å². The van der Waals surface area contributed by atoms with Gasteiger partial charge in [-0.2, -0.15) is 0 Å². The summed E-state index contributed by atoms with van der Waals surface area (Å²) < 4.78 is 5.96. The third-order valence-corrected chi connectivity index (χ3v) is 4.64. The fraction of sp³-hybridized carbons (Fsp3) is 0.120. The molecule has 3 aromatic carbocycles. The molecule has 0 aliphatic heterocycles. The molecule has 1 atom stereocenters. The van der Waals surface area contributed by atoms with Crippen molar-refractivity contribution >= 4 is 22.4 Å². The summed E-state index contributed by atoms with van der Waals surface area (Å²) in [6.45, 7) is 1.82. The van der Waals surface area contributed by atoms with Gasteiger partial charge in [0.25, 0.3) is 0 Å². The summed E-state index contributed by atoms with van der Waals surface area (Å²) in [6.07, 6.45) is 1.53. The van der Waals surface area contributed by atoms with Crippen molar-refractivity contribution in [2.24, 2.45) is 5.73 Å². The van der Waals surface area contributed by atoms with E-state index in [9.17, 15) is 0 Å². The second-order valence-corrected chi connectivity index (χ2v) is 7.03. The minimum absolute atomic E-state index is 0.181. The molecule has 4 N–H and O–H groups in total. The molecule has 1 unspecified atom stereocenters. The smallest absolute Gasteiger partial charge is 0.141 e. The first-order chi connectivity index (χ1) is 15.1. The number of para-hydroxylation sites is 1. The van der Waals surface area contributed by atoms with Crippen LogP contribution < -0.4 is 15.8 Å². The molecule has 0 aliphatic rings. The summed E-state index contributed by atoms with van der Waals surface area (Å²) in [4.78, 5) is 8.74. The minimum atomic E-state index is -0.570. The molecule has 1 heterocycles. The van der Waals surface area contributed by atoms with Gasteiger partial charge in [-0.15, -0.1) is 0 Å². The fourth-order valence-corrected chi connectivity index (χ4v) is 3.05. The van der Waals surface area contributed by atoms with E-state index in [4.69, 9.17) is 15.6 Å². The number of benzene rings is 3. The fourth-order valence-electron chi connectivity index (χ4n) is 3.05. The van der Waals surface area contributed by atoms with Crippen LogP contribution in [-0.2, 0) is 0 Å². The lowest BCUT2D eigenvalue weighted by Gasteiger charge is -2.12. The average Bonchev–Trinajstić information content (AvgIpc) is 2.80. The number of ether oxygens (including phenoxy) is 1. The molecule has 0 aliphatic carbocycles. The van der Waals surface area contributed by atoms with Crippen LogP contribution in [0.15, 0.2) is 73.1 Å². The highest BCUT2D eigenvalue weighted by molar-refractivity contribution is 5.91. The third-order valence-electron chi connectivity index (χ3n) is 4.64. The third kappa shape index (κ3) is 4.98. The van der Waals surface area contributed by atoms with Gasteiger partial charge in [0.2, 0.25) is 0 Å². The first kappa shape index (κ1) is 20.4. The zero-order valence-corrected chi connectivity index (χ0v) is 17.0. The van der Waals surface area contributed by atoms with Crippen molar-refractivity contribution in [3.63, 3.8) is 0 Å². The highest BCUT2D eigenvalue weighted by Gasteiger charge is 2.08. The Kier molecular flexibility index (Phi) is 6.08. The van der Waals surface area contributed by atoms with Crippen molar-refractivity contribution < 1.29 is 9.84 Å². The number of hydrogen-bond donors (Lipinski definition) is 3. The zero-order chi connectivity index (χ0) is 21.6. The number of nitrogens with zero attached hydrogens (tertiary/aromatic N) is 2. The Labute approximate surface area is 180 Å². The number of hydrogen-bond acceptors (Lipinski definition) is 6. The van der Waals surface area contributed by atoms with Crippen molar-refractivity contribution in [2.45, 2.75) is 13.0 Å². The van der Waals surface area contributed by atoms with E-state index in [0.29, 0.717) is 5.82 Å². The van der Waals surface area contributed by atoms with Crippen LogP contribution in [0.1, 0.15) is 11.1 Å². The lowest BCUT2D eigenvalue weighted by Crippen LogP contribution is -2.21. The maximum Gasteiger partial charge on any atom is 0.141 e. The molecule has 4 aromatic rings. The molecule has 1 aromatic heterocycles. The predicted octanol–water partition coefficient (Wildman–Crippen LogP) is 4.15. The summed E-state index contributed by atoms with van der Waals surface area (Å²) in [5, 5.41) is 13.3. The molecule has 154 valence electrons. The Morgan fingerprint density at radius 3 is 2.68 bits per heavy atom. The molecule has 0 spiro atoms. The number of nitrogens with two attached hydrogens (primary N) is 1. The van der Waals surface area contributed by atoms with Crippen LogP contribution in [-0.4, -0.2) is 27.7 Å². The van der Waals surface area contributed by atoms with Crippen LogP contribution in [0.25, 0.3) is 10.9 Å². The lowest BCUT2D eigenvalue weighted by atomic mass is 10.1. The van der Waals surface area contributed by atoms with Crippen LogP contribution in [0.4, 0.5) is 11.5 Å². The van der Waals surface area contributed by atoms with Gasteiger partial charge in [0, 0.05) is 16.6 Å². The van der Waals surface area contributed by atoms with Gasteiger partial charge >= 0.3 is 0 Å². The van der Waals surface area contributed by atoms with E-state index in [0.717, 1.165) is 39.2 Å². The Bertz CT molecular complexity index is 1260. The number of aliphatic hydroxyl groups is 1. The number of aromatic nitrogens is 2. The lowest BCUT2D eigenvalue weighted by molar-refractivity contribution is 0.287. The van der Waals surface area contributed by atoms with Gasteiger partial charge in [-0.1, -0.05) is 30.0 Å². The van der Waals surface area contributed by atoms with Gasteiger partial charge in [0.05, 0.1) is 18.2 Å². The van der Waals surface area contributed by atoms with Gasteiger partial charge in [0.1, 0.15) is 23.6 Å². The number of rotatable bonds is 5. The molecule has 31 heavy (non-hydrogen) atoms. The maximum absolute atomic E-state index is 9.05. The minimum Gasteiger partial charge on any atom is -0.457 e. The van der Waals surface area contributed by atoms with Crippen molar-refractivity contribution in [2.75, 3.05) is 11.9 Å². The van der Waals surface area contributed by atoms with Crippen molar-refractivity contribution in [1.29, 1.82) is 0 Å². The maximum atomic E-state index is 9.05. The number of aliphatic hydroxyl groups excluding tert-OH is 1. The van der Waals surface area contributed by atoms with Crippen molar-refractivity contribution in [3.05, 3.63) is 84.2 Å². The van der Waals surface area contributed by atoms with E-state index in [-0.39, 0.29) is 6.61 Å². The Morgan fingerprint density at radius 1 is 1.06 bits per heavy atom. The number of aryl methyl sites for hydroxylation is 1. The highest BCUT2D eigenvalue weighted by atomic mass is 16.5. The molecular weight excluding hydrogens is 388 g/mol. The van der Waals surface area contributed by atoms with Crippen LogP contribution in [0, 0.1) is 18.8 Å². The Morgan fingerprint density at radius 2 is 1.90 bits per heavy atom. The normalized spacial score (nSPS) is 11.5. The van der Waals surface area contributed by atoms with Crippen molar-refractivity contribution in [3.8, 4) is 23.3 Å². The SMILES string of the molecule is Cc1cc(Nc2ncnc3ccc(C#CC(N)CO)cc23)ccc1Oc1ccccc1. The molecule has 0 radical (unpaired) electrons. The topological polar surface area (TPSA) is 93.3 Å². The second-order valence-electron chi connectivity index (χ2n) is 7.03. The molecular formula is C25H22N4O2. The standard InChI is InChI=1S/C25H22N4O2/c1-17-13-20(10-12-24(17)31-21-5-3-2-4-6-21)29-25-22-14-18(7-9-19(26)15-30)8-11-23(22)27-16-28-25/h2-6,8,10-14,16,19,30H,15,26H2,1H3,(H,27,28,29). The van der Waals surface area contributed by atoms with E-state index in [1.165, 1.54) is 6.33 Å². The molecule has 0 saturated heterocycles. The monoisotopic (exact) mass is 410 g/mol. The van der Waals surface area contributed by atoms with Gasteiger partial charge in [-0.25, -0.2) is 9.97 Å². The van der Waals surface area contributed by atoms with Gasteiger partial charge in [-0.3, -0.25) is 0 Å². The summed E-state index contributed by atoms with van der Waals surface area (Å²) in [5.74, 6) is 8.07. The predicted molar refractivity (Wildman–Crippen MR) is 122 cm³/mol. The molecule has 6 heteroatoms. The number of fused-ring (bicyclic) bond motifs is 1. The van der Waals surface area contributed by atoms with Gasteiger partial charge < -0.3 is 20.9 Å². The van der Waals surface area contributed by atoms with Gasteiger partial charge in [0.15, 0.2) is 0 Å².